The smallest absolute Gasteiger partial charge is 0.145 e. The molecule has 0 atom stereocenters. The second kappa shape index (κ2) is 6.94. The average molecular weight is 264 g/mol. The fourth-order valence-electron chi connectivity index (χ4n) is 3.16. The van der Waals surface area contributed by atoms with Crippen molar-refractivity contribution >= 4 is 5.82 Å². The third-order valence-corrected chi connectivity index (χ3v) is 4.58. The van der Waals surface area contributed by atoms with Crippen molar-refractivity contribution < 1.29 is 0 Å². The highest BCUT2D eigenvalue weighted by atomic mass is 15.3. The fraction of sp³-hybridized carbons (Fsp3) is 0.800. The summed E-state index contributed by atoms with van der Waals surface area (Å²) in [6.07, 6.45) is 10.1. The quantitative estimate of drug-likeness (QED) is 0.859. The molecule has 1 aromatic heterocycles. The Hall–Kier alpha value is -1.03. The van der Waals surface area contributed by atoms with Crippen LogP contribution in [0.2, 0.25) is 0 Å². The lowest BCUT2D eigenvalue weighted by Crippen LogP contribution is -2.36. The predicted molar refractivity (Wildman–Crippen MR) is 79.9 cm³/mol. The fourth-order valence-corrected chi connectivity index (χ4v) is 3.16. The monoisotopic (exact) mass is 264 g/mol. The van der Waals surface area contributed by atoms with Crippen LogP contribution in [0.1, 0.15) is 45.4 Å². The van der Waals surface area contributed by atoms with Crippen molar-refractivity contribution in [3.8, 4) is 0 Å². The molecule has 1 aliphatic rings. The first-order valence-electron chi connectivity index (χ1n) is 7.68. The van der Waals surface area contributed by atoms with Gasteiger partial charge in [0.1, 0.15) is 5.82 Å². The highest BCUT2D eigenvalue weighted by Crippen LogP contribution is 2.28. The zero-order valence-electron chi connectivity index (χ0n) is 12.4. The van der Waals surface area contributed by atoms with Gasteiger partial charge in [0.05, 0.1) is 0 Å². The number of anilines is 1. The van der Waals surface area contributed by atoms with Crippen LogP contribution in [0.25, 0.3) is 0 Å². The molecule has 1 heterocycles. The van der Waals surface area contributed by atoms with E-state index in [0.29, 0.717) is 5.82 Å². The summed E-state index contributed by atoms with van der Waals surface area (Å²) in [5, 5.41) is 4.22. The van der Waals surface area contributed by atoms with Crippen molar-refractivity contribution in [1.29, 1.82) is 0 Å². The van der Waals surface area contributed by atoms with Crippen molar-refractivity contribution in [1.82, 2.24) is 14.7 Å². The molecule has 0 aliphatic heterocycles. The van der Waals surface area contributed by atoms with E-state index in [1.165, 1.54) is 32.1 Å². The molecule has 0 spiro atoms. The van der Waals surface area contributed by atoms with Gasteiger partial charge < -0.3 is 10.6 Å². The van der Waals surface area contributed by atoms with E-state index >= 15 is 0 Å². The molecule has 2 rings (SSSR count). The summed E-state index contributed by atoms with van der Waals surface area (Å²) < 4.78 is 1.94. The minimum Gasteiger partial charge on any atom is -0.382 e. The Kier molecular flexibility index (Phi) is 5.25. The maximum atomic E-state index is 5.61. The molecule has 1 saturated carbocycles. The van der Waals surface area contributed by atoms with Gasteiger partial charge in [-0.25, -0.2) is 0 Å². The lowest BCUT2D eigenvalue weighted by Gasteiger charge is -2.34. The van der Waals surface area contributed by atoms with Gasteiger partial charge in [0.2, 0.25) is 0 Å². The van der Waals surface area contributed by atoms with E-state index in [0.717, 1.165) is 31.5 Å². The number of rotatable bonds is 6. The van der Waals surface area contributed by atoms with E-state index in [-0.39, 0.29) is 0 Å². The zero-order chi connectivity index (χ0) is 13.7. The highest BCUT2D eigenvalue weighted by Gasteiger charge is 2.22. The molecule has 4 nitrogen and oxygen atoms in total. The molecule has 0 amide bonds. The van der Waals surface area contributed by atoms with E-state index in [4.69, 9.17) is 5.73 Å². The summed E-state index contributed by atoms with van der Waals surface area (Å²) in [6.45, 7) is 4.44. The molecule has 0 aromatic carbocycles. The minimum atomic E-state index is 0.617. The molecule has 0 radical (unpaired) electrons. The van der Waals surface area contributed by atoms with Gasteiger partial charge in [-0.05, 0) is 57.7 Å². The molecule has 0 unspecified atom stereocenters. The summed E-state index contributed by atoms with van der Waals surface area (Å²) in [5.41, 5.74) is 5.61. The lowest BCUT2D eigenvalue weighted by molar-refractivity contribution is 0.160. The molecule has 1 aromatic rings. The van der Waals surface area contributed by atoms with E-state index in [2.05, 4.69) is 24.0 Å². The van der Waals surface area contributed by atoms with Crippen LogP contribution in [0.4, 0.5) is 5.82 Å². The molecule has 4 heteroatoms. The SMILES string of the molecule is CCC1CCC(N(C)CCCn2ccc(N)n2)CC1. The number of nitrogens with zero attached hydrogens (tertiary/aromatic N) is 3. The molecule has 2 N–H and O–H groups in total. The van der Waals surface area contributed by atoms with Gasteiger partial charge in [-0.15, -0.1) is 0 Å². The summed E-state index contributed by atoms with van der Waals surface area (Å²) in [5.74, 6) is 1.60. The predicted octanol–water partition coefficient (Wildman–Crippen LogP) is 2.76. The summed E-state index contributed by atoms with van der Waals surface area (Å²) in [6, 6.07) is 2.65. The average Bonchev–Trinajstić information content (AvgIpc) is 2.84. The highest BCUT2D eigenvalue weighted by molar-refractivity contribution is 5.23. The molecule has 1 fully saturated rings. The number of nitrogen functional groups attached to an aromatic ring is 1. The van der Waals surface area contributed by atoms with Crippen molar-refractivity contribution in [3.05, 3.63) is 12.3 Å². The Labute approximate surface area is 117 Å². The van der Waals surface area contributed by atoms with Gasteiger partial charge in [-0.2, -0.15) is 5.10 Å². The van der Waals surface area contributed by atoms with E-state index < -0.39 is 0 Å². The summed E-state index contributed by atoms with van der Waals surface area (Å²) in [7, 11) is 2.27. The van der Waals surface area contributed by atoms with Crippen LogP contribution in [-0.2, 0) is 6.54 Å². The van der Waals surface area contributed by atoms with Crippen molar-refractivity contribution in [3.63, 3.8) is 0 Å². The molecule has 1 aliphatic carbocycles. The molecular weight excluding hydrogens is 236 g/mol. The van der Waals surface area contributed by atoms with Crippen LogP contribution in [0.5, 0.6) is 0 Å². The first kappa shape index (κ1) is 14.4. The molecule has 0 bridgehead atoms. The standard InChI is InChI=1S/C15H28N4/c1-3-13-5-7-14(8-6-13)18(2)10-4-11-19-12-9-15(16)17-19/h9,12-14H,3-8,10-11H2,1-2H3,(H2,16,17). The number of aryl methyl sites for hydroxylation is 1. The number of aromatic nitrogens is 2. The topological polar surface area (TPSA) is 47.1 Å². The van der Waals surface area contributed by atoms with Crippen LogP contribution in [0.15, 0.2) is 12.3 Å². The maximum absolute atomic E-state index is 5.61. The second-order valence-electron chi connectivity index (χ2n) is 5.92. The lowest BCUT2D eigenvalue weighted by atomic mass is 9.84. The van der Waals surface area contributed by atoms with Gasteiger partial charge in [0.15, 0.2) is 0 Å². The van der Waals surface area contributed by atoms with Crippen molar-refractivity contribution in [2.45, 2.75) is 58.0 Å². The summed E-state index contributed by atoms with van der Waals surface area (Å²) in [4.78, 5) is 2.54. The van der Waals surface area contributed by atoms with Crippen LogP contribution < -0.4 is 5.73 Å². The first-order chi connectivity index (χ1) is 9.19. The van der Waals surface area contributed by atoms with E-state index in [1.54, 1.807) is 0 Å². The Balaban J connectivity index is 1.65. The zero-order valence-corrected chi connectivity index (χ0v) is 12.4. The van der Waals surface area contributed by atoms with Crippen molar-refractivity contribution in [2.75, 3.05) is 19.3 Å². The number of nitrogens with two attached hydrogens (primary N) is 1. The van der Waals surface area contributed by atoms with Crippen LogP contribution in [-0.4, -0.2) is 34.3 Å². The normalized spacial score (nSPS) is 23.9. The Morgan fingerprint density at radius 1 is 1.37 bits per heavy atom. The Bertz CT molecular complexity index is 366. The van der Waals surface area contributed by atoms with Crippen LogP contribution in [0, 0.1) is 5.92 Å². The molecule has 108 valence electrons. The largest absolute Gasteiger partial charge is 0.382 e. The number of hydrogen-bond donors (Lipinski definition) is 1. The van der Waals surface area contributed by atoms with Crippen LogP contribution in [0.3, 0.4) is 0 Å². The van der Waals surface area contributed by atoms with Gasteiger partial charge >= 0.3 is 0 Å². The van der Waals surface area contributed by atoms with Crippen molar-refractivity contribution in [2.24, 2.45) is 5.92 Å². The Morgan fingerprint density at radius 2 is 2.11 bits per heavy atom. The van der Waals surface area contributed by atoms with Gasteiger partial charge in [0, 0.05) is 18.8 Å². The third kappa shape index (κ3) is 4.23. The second-order valence-corrected chi connectivity index (χ2v) is 5.92. The maximum Gasteiger partial charge on any atom is 0.145 e. The molecular formula is C15H28N4. The van der Waals surface area contributed by atoms with E-state index in [1.807, 2.05) is 16.9 Å². The third-order valence-electron chi connectivity index (χ3n) is 4.58. The van der Waals surface area contributed by atoms with Crippen LogP contribution >= 0.6 is 0 Å². The molecule has 19 heavy (non-hydrogen) atoms. The minimum absolute atomic E-state index is 0.617. The number of hydrogen-bond acceptors (Lipinski definition) is 3. The molecule has 0 saturated heterocycles. The Morgan fingerprint density at radius 3 is 2.68 bits per heavy atom. The van der Waals surface area contributed by atoms with Gasteiger partial charge in [-0.1, -0.05) is 13.3 Å². The van der Waals surface area contributed by atoms with Gasteiger partial charge in [-0.3, -0.25) is 4.68 Å². The summed E-state index contributed by atoms with van der Waals surface area (Å²) >= 11 is 0. The first-order valence-corrected chi connectivity index (χ1v) is 7.68. The van der Waals surface area contributed by atoms with E-state index in [9.17, 15) is 0 Å². The van der Waals surface area contributed by atoms with Gasteiger partial charge in [0.25, 0.3) is 0 Å².